The van der Waals surface area contributed by atoms with Crippen LogP contribution < -0.4 is 0 Å². The van der Waals surface area contributed by atoms with E-state index in [0.29, 0.717) is 6.61 Å². The molecule has 0 saturated carbocycles. The van der Waals surface area contributed by atoms with Crippen molar-refractivity contribution in [3.8, 4) is 0 Å². The first-order valence-corrected chi connectivity index (χ1v) is 5.02. The number of carbonyl (C=O) groups is 1. The monoisotopic (exact) mass is 206 g/mol. The van der Waals surface area contributed by atoms with Crippen LogP contribution in [-0.2, 0) is 23.0 Å². The zero-order chi connectivity index (χ0) is 10.8. The lowest BCUT2D eigenvalue weighted by Gasteiger charge is -2.07. The number of aromatic nitrogens is 2. The lowest BCUT2D eigenvalue weighted by atomic mass is 9.98. The van der Waals surface area contributed by atoms with Gasteiger partial charge >= 0.3 is 5.97 Å². The highest BCUT2D eigenvalue weighted by Crippen LogP contribution is 2.24. The second-order valence-corrected chi connectivity index (χ2v) is 3.70. The van der Waals surface area contributed by atoms with Crippen molar-refractivity contribution in [2.45, 2.75) is 13.3 Å². The van der Waals surface area contributed by atoms with Crippen LogP contribution in [0.15, 0.2) is 24.0 Å². The molecule has 4 heteroatoms. The molecule has 2 heterocycles. The van der Waals surface area contributed by atoms with Gasteiger partial charge in [-0.3, -0.25) is 0 Å². The average molecular weight is 206 g/mol. The van der Waals surface area contributed by atoms with Gasteiger partial charge in [-0.25, -0.2) is 9.78 Å². The van der Waals surface area contributed by atoms with E-state index in [1.165, 1.54) is 0 Å². The Morgan fingerprint density at radius 2 is 2.53 bits per heavy atom. The number of hydrogen-bond acceptors (Lipinski definition) is 3. The number of cyclic esters (lactones) is 1. The summed E-state index contributed by atoms with van der Waals surface area (Å²) in [5.74, 6) is 0.956. The fourth-order valence-electron chi connectivity index (χ4n) is 1.85. The van der Waals surface area contributed by atoms with E-state index in [-0.39, 0.29) is 11.9 Å². The molecule has 0 bridgehead atoms. The van der Waals surface area contributed by atoms with Crippen molar-refractivity contribution in [3.05, 3.63) is 29.9 Å². The van der Waals surface area contributed by atoms with E-state index in [2.05, 4.69) is 4.98 Å². The summed E-state index contributed by atoms with van der Waals surface area (Å²) in [6.45, 7) is 2.35. The first kappa shape index (κ1) is 9.96. The Hall–Kier alpha value is -1.58. The van der Waals surface area contributed by atoms with Crippen LogP contribution in [0.3, 0.4) is 0 Å². The van der Waals surface area contributed by atoms with Crippen LogP contribution in [0, 0.1) is 5.92 Å². The molecular formula is C11H14N2O2. The Bertz CT molecular complexity index is 406. The van der Waals surface area contributed by atoms with Gasteiger partial charge in [0.15, 0.2) is 0 Å². The van der Waals surface area contributed by atoms with Crippen LogP contribution in [0.2, 0.25) is 0 Å². The molecule has 1 aliphatic rings. The van der Waals surface area contributed by atoms with Crippen molar-refractivity contribution >= 4 is 5.97 Å². The standard InChI is InChI=1S/C11H14N2O2/c1-3-9-8(7-15-11(9)14)6-10-12-4-5-13(10)2/h3-5,8H,6-7H2,1-2H3/t8-/m0/s1. The fourth-order valence-corrected chi connectivity index (χ4v) is 1.85. The molecule has 2 rings (SSSR count). The van der Waals surface area contributed by atoms with Crippen LogP contribution >= 0.6 is 0 Å². The highest BCUT2D eigenvalue weighted by molar-refractivity contribution is 5.90. The molecule has 0 aliphatic carbocycles. The second-order valence-electron chi connectivity index (χ2n) is 3.70. The first-order chi connectivity index (χ1) is 7.22. The molecule has 80 valence electrons. The van der Waals surface area contributed by atoms with Crippen LogP contribution in [0.4, 0.5) is 0 Å². The molecule has 0 unspecified atom stereocenters. The summed E-state index contributed by atoms with van der Waals surface area (Å²) in [6, 6.07) is 0. The molecular weight excluding hydrogens is 192 g/mol. The largest absolute Gasteiger partial charge is 0.462 e. The van der Waals surface area contributed by atoms with Gasteiger partial charge in [-0.05, 0) is 6.92 Å². The Morgan fingerprint density at radius 3 is 3.13 bits per heavy atom. The molecule has 0 radical (unpaired) electrons. The van der Waals surface area contributed by atoms with Gasteiger partial charge in [0, 0.05) is 37.4 Å². The van der Waals surface area contributed by atoms with Crippen molar-refractivity contribution in [3.63, 3.8) is 0 Å². The summed E-state index contributed by atoms with van der Waals surface area (Å²) in [7, 11) is 1.95. The van der Waals surface area contributed by atoms with Gasteiger partial charge in [0.25, 0.3) is 0 Å². The summed E-state index contributed by atoms with van der Waals surface area (Å²) in [5, 5.41) is 0. The zero-order valence-electron chi connectivity index (χ0n) is 8.93. The number of esters is 1. The predicted octanol–water partition coefficient (Wildman–Crippen LogP) is 1.08. The SMILES string of the molecule is CC=C1C(=O)OC[C@@H]1Cc1nccn1C. The number of carbonyl (C=O) groups excluding carboxylic acids is 1. The first-order valence-electron chi connectivity index (χ1n) is 5.02. The Balaban J connectivity index is 2.14. The molecule has 0 amide bonds. The summed E-state index contributed by atoms with van der Waals surface area (Å²) < 4.78 is 6.98. The van der Waals surface area contributed by atoms with Gasteiger partial charge in [-0.15, -0.1) is 0 Å². The number of ether oxygens (including phenoxy) is 1. The third kappa shape index (κ3) is 1.79. The van der Waals surface area contributed by atoms with E-state index < -0.39 is 0 Å². The number of hydrogen-bond donors (Lipinski definition) is 0. The molecule has 4 nitrogen and oxygen atoms in total. The summed E-state index contributed by atoms with van der Waals surface area (Å²) in [6.07, 6.45) is 6.27. The van der Waals surface area contributed by atoms with Crippen molar-refractivity contribution in [1.82, 2.24) is 9.55 Å². The van der Waals surface area contributed by atoms with E-state index in [1.807, 2.05) is 30.8 Å². The number of aryl methyl sites for hydroxylation is 1. The van der Waals surface area contributed by atoms with E-state index in [1.54, 1.807) is 6.20 Å². The van der Waals surface area contributed by atoms with Crippen LogP contribution in [0.25, 0.3) is 0 Å². The highest BCUT2D eigenvalue weighted by Gasteiger charge is 2.30. The topological polar surface area (TPSA) is 44.1 Å². The molecule has 1 aliphatic heterocycles. The maximum Gasteiger partial charge on any atom is 0.334 e. The number of allylic oxidation sites excluding steroid dienone is 1. The Labute approximate surface area is 88.6 Å². The minimum atomic E-state index is -0.184. The number of imidazole rings is 1. The van der Waals surface area contributed by atoms with Crippen LogP contribution in [-0.4, -0.2) is 22.1 Å². The molecule has 0 N–H and O–H groups in total. The van der Waals surface area contributed by atoms with Gasteiger partial charge in [0.05, 0.1) is 6.61 Å². The van der Waals surface area contributed by atoms with Gasteiger partial charge in [-0.1, -0.05) is 6.08 Å². The van der Waals surface area contributed by atoms with Crippen molar-refractivity contribution < 1.29 is 9.53 Å². The Kier molecular flexibility index (Phi) is 2.58. The molecule has 1 fully saturated rings. The fraction of sp³-hybridized carbons (Fsp3) is 0.455. The summed E-state index contributed by atoms with van der Waals surface area (Å²) >= 11 is 0. The lowest BCUT2D eigenvalue weighted by Crippen LogP contribution is -2.10. The van der Waals surface area contributed by atoms with Gasteiger partial charge in [0.1, 0.15) is 5.82 Å². The van der Waals surface area contributed by atoms with Gasteiger partial charge in [0.2, 0.25) is 0 Å². The average Bonchev–Trinajstić information content (AvgIpc) is 2.76. The molecule has 1 aromatic heterocycles. The third-order valence-corrected chi connectivity index (χ3v) is 2.75. The van der Waals surface area contributed by atoms with Crippen molar-refractivity contribution in [1.29, 1.82) is 0 Å². The molecule has 15 heavy (non-hydrogen) atoms. The van der Waals surface area contributed by atoms with E-state index in [9.17, 15) is 4.79 Å². The minimum absolute atomic E-state index is 0.156. The van der Waals surface area contributed by atoms with Gasteiger partial charge in [-0.2, -0.15) is 0 Å². The molecule has 1 aromatic rings. The van der Waals surface area contributed by atoms with Crippen LogP contribution in [0.1, 0.15) is 12.7 Å². The van der Waals surface area contributed by atoms with E-state index >= 15 is 0 Å². The van der Waals surface area contributed by atoms with Crippen molar-refractivity contribution in [2.24, 2.45) is 13.0 Å². The zero-order valence-corrected chi connectivity index (χ0v) is 8.93. The third-order valence-electron chi connectivity index (χ3n) is 2.75. The smallest absolute Gasteiger partial charge is 0.334 e. The second kappa shape index (κ2) is 3.88. The lowest BCUT2D eigenvalue weighted by molar-refractivity contribution is -0.135. The normalized spacial score (nSPS) is 23.5. The van der Waals surface area contributed by atoms with Gasteiger partial charge < -0.3 is 9.30 Å². The van der Waals surface area contributed by atoms with Crippen molar-refractivity contribution in [2.75, 3.05) is 6.61 Å². The number of rotatable bonds is 2. The Morgan fingerprint density at radius 1 is 1.73 bits per heavy atom. The molecule has 0 aromatic carbocycles. The predicted molar refractivity (Wildman–Crippen MR) is 55.1 cm³/mol. The molecule has 0 spiro atoms. The van der Waals surface area contributed by atoms with Crippen LogP contribution in [0.5, 0.6) is 0 Å². The maximum absolute atomic E-state index is 11.3. The summed E-state index contributed by atoms with van der Waals surface area (Å²) in [5.41, 5.74) is 0.776. The molecule has 1 saturated heterocycles. The van der Waals surface area contributed by atoms with E-state index in [0.717, 1.165) is 17.8 Å². The maximum atomic E-state index is 11.3. The number of nitrogens with zero attached hydrogens (tertiary/aromatic N) is 2. The highest BCUT2D eigenvalue weighted by atomic mass is 16.5. The molecule has 1 atom stereocenters. The summed E-state index contributed by atoms with van der Waals surface area (Å²) in [4.78, 5) is 15.6. The minimum Gasteiger partial charge on any atom is -0.462 e. The quantitative estimate of drug-likeness (QED) is 0.537. The van der Waals surface area contributed by atoms with E-state index in [4.69, 9.17) is 4.74 Å².